The molecule has 0 amide bonds. The predicted octanol–water partition coefficient (Wildman–Crippen LogP) is 5.58. The molecule has 0 aliphatic carbocycles. The van der Waals surface area contributed by atoms with Crippen molar-refractivity contribution in [2.75, 3.05) is 0 Å². The summed E-state index contributed by atoms with van der Waals surface area (Å²) in [5.74, 6) is -1.13. The minimum absolute atomic E-state index is 0.0713. The first-order valence-electron chi connectivity index (χ1n) is 9.24. The molecule has 2 N–H and O–H groups in total. The summed E-state index contributed by atoms with van der Waals surface area (Å²) in [5, 5.41) is 20.0. The van der Waals surface area contributed by atoms with Crippen molar-refractivity contribution < 1.29 is 15.0 Å². The molecule has 0 saturated heterocycles. The van der Waals surface area contributed by atoms with Crippen molar-refractivity contribution in [2.45, 2.75) is 58.3 Å². The summed E-state index contributed by atoms with van der Waals surface area (Å²) >= 11 is 0. The van der Waals surface area contributed by atoms with Crippen LogP contribution in [0.1, 0.15) is 72.5 Å². The summed E-state index contributed by atoms with van der Waals surface area (Å²) < 4.78 is 0. The van der Waals surface area contributed by atoms with Crippen LogP contribution in [0.3, 0.4) is 0 Å². The highest BCUT2D eigenvalue weighted by atomic mass is 16.4. The largest absolute Gasteiger partial charge is 0.507 e. The summed E-state index contributed by atoms with van der Waals surface area (Å²) in [6, 6.07) is 13.5. The summed E-state index contributed by atoms with van der Waals surface area (Å²) in [5.41, 5.74) is 2.52. The molecule has 0 unspecified atom stereocenters. The molecule has 3 nitrogen and oxygen atoms in total. The number of benzene rings is 2. The maximum absolute atomic E-state index is 11.7. The maximum Gasteiger partial charge on any atom is 0.339 e. The van der Waals surface area contributed by atoms with Gasteiger partial charge in [-0.25, -0.2) is 4.79 Å². The van der Waals surface area contributed by atoms with Crippen molar-refractivity contribution in [3.63, 3.8) is 0 Å². The highest BCUT2D eigenvalue weighted by molar-refractivity contribution is 5.93. The number of aromatic hydroxyl groups is 1. The van der Waals surface area contributed by atoms with Crippen molar-refractivity contribution in [1.82, 2.24) is 0 Å². The van der Waals surface area contributed by atoms with E-state index in [1.54, 1.807) is 0 Å². The van der Waals surface area contributed by atoms with Gasteiger partial charge in [0.1, 0.15) is 11.3 Å². The molecular weight excluding hydrogens is 312 g/mol. The van der Waals surface area contributed by atoms with Gasteiger partial charge in [0.05, 0.1) is 0 Å². The molecule has 134 valence electrons. The van der Waals surface area contributed by atoms with E-state index in [2.05, 4.69) is 6.92 Å². The molecule has 0 aliphatic rings. The van der Waals surface area contributed by atoms with E-state index in [4.69, 9.17) is 0 Å². The van der Waals surface area contributed by atoms with Crippen molar-refractivity contribution in [2.24, 2.45) is 0 Å². The van der Waals surface area contributed by atoms with Gasteiger partial charge in [0.25, 0.3) is 0 Å². The lowest BCUT2D eigenvalue weighted by molar-refractivity contribution is 0.0692. The highest BCUT2D eigenvalue weighted by Gasteiger charge is 2.18. The molecule has 0 spiro atoms. The SMILES string of the molecule is CCCCCCCCc1ccc(Cc2ccccc2)c(O)c1C(=O)O. The van der Waals surface area contributed by atoms with Crippen LogP contribution < -0.4 is 0 Å². The van der Waals surface area contributed by atoms with Crippen LogP contribution in [0.4, 0.5) is 0 Å². The fraction of sp³-hybridized carbons (Fsp3) is 0.409. The molecule has 0 fully saturated rings. The molecule has 0 saturated carbocycles. The van der Waals surface area contributed by atoms with Gasteiger partial charge in [0.2, 0.25) is 0 Å². The first-order valence-corrected chi connectivity index (χ1v) is 9.24. The van der Waals surface area contributed by atoms with Crippen LogP contribution in [0.15, 0.2) is 42.5 Å². The van der Waals surface area contributed by atoms with Gasteiger partial charge >= 0.3 is 5.97 Å². The minimum atomic E-state index is -1.05. The Balaban J connectivity index is 2.08. The van der Waals surface area contributed by atoms with Gasteiger partial charge < -0.3 is 10.2 Å². The second-order valence-electron chi connectivity index (χ2n) is 6.59. The Hall–Kier alpha value is -2.29. The van der Waals surface area contributed by atoms with E-state index >= 15 is 0 Å². The van der Waals surface area contributed by atoms with Crippen LogP contribution in [0.25, 0.3) is 0 Å². The molecule has 3 heteroatoms. The quantitative estimate of drug-likeness (QED) is 0.555. The van der Waals surface area contributed by atoms with Crippen LogP contribution >= 0.6 is 0 Å². The van der Waals surface area contributed by atoms with Crippen molar-refractivity contribution in [1.29, 1.82) is 0 Å². The fourth-order valence-electron chi connectivity index (χ4n) is 3.18. The van der Waals surface area contributed by atoms with Gasteiger partial charge in [0.15, 0.2) is 0 Å². The molecule has 2 aromatic rings. The number of hydrogen-bond acceptors (Lipinski definition) is 2. The summed E-state index contributed by atoms with van der Waals surface area (Å²) in [6.45, 7) is 2.19. The monoisotopic (exact) mass is 340 g/mol. The Labute approximate surface area is 150 Å². The lowest BCUT2D eigenvalue weighted by Crippen LogP contribution is -2.05. The van der Waals surface area contributed by atoms with Crippen LogP contribution in [0.5, 0.6) is 5.75 Å². The van der Waals surface area contributed by atoms with Crippen molar-refractivity contribution >= 4 is 5.97 Å². The molecule has 0 radical (unpaired) electrons. The highest BCUT2D eigenvalue weighted by Crippen LogP contribution is 2.29. The van der Waals surface area contributed by atoms with Crippen LogP contribution in [-0.2, 0) is 12.8 Å². The fourth-order valence-corrected chi connectivity index (χ4v) is 3.18. The molecule has 0 atom stereocenters. The van der Waals surface area contributed by atoms with E-state index in [9.17, 15) is 15.0 Å². The number of hydrogen-bond donors (Lipinski definition) is 2. The van der Waals surface area contributed by atoms with E-state index in [0.717, 1.165) is 24.0 Å². The average Bonchev–Trinajstić information content (AvgIpc) is 2.61. The van der Waals surface area contributed by atoms with Gasteiger partial charge in [-0.3, -0.25) is 0 Å². The summed E-state index contributed by atoms with van der Waals surface area (Å²) in [6.07, 6.45) is 8.21. The lowest BCUT2D eigenvalue weighted by atomic mass is 9.94. The number of aromatic carboxylic acids is 1. The molecule has 2 rings (SSSR count). The Bertz CT molecular complexity index is 677. The number of phenols is 1. The smallest absolute Gasteiger partial charge is 0.339 e. The third-order valence-corrected chi connectivity index (χ3v) is 4.60. The molecule has 25 heavy (non-hydrogen) atoms. The number of rotatable bonds is 10. The number of carboxylic acid groups (broad SMARTS) is 1. The average molecular weight is 340 g/mol. The number of unbranched alkanes of at least 4 members (excludes halogenated alkanes) is 5. The first kappa shape index (κ1) is 19.0. The molecule has 0 bridgehead atoms. The zero-order valence-electron chi connectivity index (χ0n) is 15.0. The first-order chi connectivity index (χ1) is 12.1. The summed E-state index contributed by atoms with van der Waals surface area (Å²) in [4.78, 5) is 11.7. The Morgan fingerprint density at radius 3 is 2.20 bits per heavy atom. The van der Waals surface area contributed by atoms with Crippen molar-refractivity contribution in [3.05, 3.63) is 64.7 Å². The Morgan fingerprint density at radius 2 is 1.52 bits per heavy atom. The Morgan fingerprint density at radius 1 is 0.880 bits per heavy atom. The number of carbonyl (C=O) groups is 1. The zero-order chi connectivity index (χ0) is 18.1. The maximum atomic E-state index is 11.7. The van der Waals surface area contributed by atoms with Gasteiger partial charge in [-0.2, -0.15) is 0 Å². The van der Waals surface area contributed by atoms with Crippen molar-refractivity contribution in [3.8, 4) is 5.75 Å². The number of aryl methyl sites for hydroxylation is 1. The zero-order valence-corrected chi connectivity index (χ0v) is 15.0. The third-order valence-electron chi connectivity index (χ3n) is 4.60. The molecular formula is C22H28O3. The van der Waals surface area contributed by atoms with Crippen LogP contribution in [-0.4, -0.2) is 16.2 Å². The van der Waals surface area contributed by atoms with Crippen LogP contribution in [0.2, 0.25) is 0 Å². The second kappa shape index (κ2) is 9.87. The number of carboxylic acids is 1. The van der Waals surface area contributed by atoms with E-state index in [1.165, 1.54) is 25.7 Å². The standard InChI is InChI=1S/C22H28O3/c1-2-3-4-5-6-10-13-18-14-15-19(21(23)20(18)22(24)25)16-17-11-8-7-9-12-17/h7-9,11-12,14-15,23H,2-6,10,13,16H2,1H3,(H,24,25). The van der Waals surface area contributed by atoms with E-state index in [0.29, 0.717) is 18.4 Å². The third kappa shape index (κ3) is 5.63. The normalized spacial score (nSPS) is 10.8. The van der Waals surface area contributed by atoms with Crippen LogP contribution in [0, 0.1) is 0 Å². The van der Waals surface area contributed by atoms with Gasteiger partial charge in [-0.1, -0.05) is 81.5 Å². The second-order valence-corrected chi connectivity index (χ2v) is 6.59. The molecule has 0 heterocycles. The van der Waals surface area contributed by atoms with E-state index in [-0.39, 0.29) is 11.3 Å². The van der Waals surface area contributed by atoms with E-state index < -0.39 is 5.97 Å². The summed E-state index contributed by atoms with van der Waals surface area (Å²) in [7, 11) is 0. The molecule has 0 aliphatic heterocycles. The molecule has 0 aromatic heterocycles. The lowest BCUT2D eigenvalue weighted by Gasteiger charge is -2.12. The van der Waals surface area contributed by atoms with E-state index in [1.807, 2.05) is 42.5 Å². The minimum Gasteiger partial charge on any atom is -0.507 e. The topological polar surface area (TPSA) is 57.5 Å². The van der Waals surface area contributed by atoms with Gasteiger partial charge in [-0.15, -0.1) is 0 Å². The van der Waals surface area contributed by atoms with Gasteiger partial charge in [0, 0.05) is 6.42 Å². The molecule has 2 aromatic carbocycles. The predicted molar refractivity (Wildman–Crippen MR) is 101 cm³/mol. The van der Waals surface area contributed by atoms with Gasteiger partial charge in [-0.05, 0) is 29.5 Å². The Kier molecular flexibility index (Phi) is 7.52.